The molecular formula is C36H62O31. The van der Waals surface area contributed by atoms with E-state index < -0.39 is 224 Å². The molecule has 6 rings (SSSR count). The third-order valence-electron chi connectivity index (χ3n) is 12.4. The average Bonchev–Trinajstić information content (AvgIpc) is 3.32. The van der Waals surface area contributed by atoms with E-state index in [0.29, 0.717) is 0 Å². The fourth-order valence-electron chi connectivity index (χ4n) is 8.51. The Kier molecular flexibility index (Phi) is 19.4. The first-order chi connectivity index (χ1) is 31.8. The third kappa shape index (κ3) is 11.2. The highest BCUT2D eigenvalue weighted by Crippen LogP contribution is 2.36. The molecule has 0 aromatic rings. The van der Waals surface area contributed by atoms with Gasteiger partial charge >= 0.3 is 0 Å². The average molecular weight is 991 g/mol. The van der Waals surface area contributed by atoms with Crippen LogP contribution in [-0.2, 0) is 52.1 Å². The van der Waals surface area contributed by atoms with Gasteiger partial charge in [0.15, 0.2) is 37.7 Å². The molecule has 0 spiro atoms. The van der Waals surface area contributed by atoms with Gasteiger partial charge in [0.1, 0.15) is 146 Å². The van der Waals surface area contributed by atoms with Gasteiger partial charge in [-0.1, -0.05) is 0 Å². The van der Waals surface area contributed by atoms with E-state index in [0.717, 1.165) is 0 Å². The maximum absolute atomic E-state index is 11.2. The van der Waals surface area contributed by atoms with Crippen molar-refractivity contribution in [3.05, 3.63) is 0 Å². The maximum atomic E-state index is 11.2. The largest absolute Gasteiger partial charge is 0.394 e. The van der Waals surface area contributed by atoms with Crippen LogP contribution in [0.1, 0.15) is 0 Å². The van der Waals surface area contributed by atoms with E-state index in [2.05, 4.69) is 0 Å². The van der Waals surface area contributed by atoms with Crippen LogP contribution in [0.4, 0.5) is 0 Å². The zero-order valence-electron chi connectivity index (χ0n) is 35.0. The van der Waals surface area contributed by atoms with E-state index in [1.807, 2.05) is 0 Å². The second kappa shape index (κ2) is 23.5. The predicted molar refractivity (Wildman–Crippen MR) is 199 cm³/mol. The fourth-order valence-corrected chi connectivity index (χ4v) is 8.51. The molecule has 0 saturated carbocycles. The third-order valence-corrected chi connectivity index (χ3v) is 12.4. The van der Waals surface area contributed by atoms with Crippen LogP contribution < -0.4 is 0 Å². The molecule has 30 atom stereocenters. The molecular weight excluding hydrogens is 928 g/mol. The number of hydrogen-bond acceptors (Lipinski definition) is 31. The Morgan fingerprint density at radius 3 is 0.821 bits per heavy atom. The molecule has 6 heterocycles. The summed E-state index contributed by atoms with van der Waals surface area (Å²) in [6.45, 7) is -5.69. The van der Waals surface area contributed by atoms with Crippen molar-refractivity contribution in [3.63, 3.8) is 0 Å². The molecule has 0 aromatic carbocycles. The normalized spacial score (nSPS) is 53.4. The Morgan fingerprint density at radius 1 is 0.224 bits per heavy atom. The lowest BCUT2D eigenvalue weighted by molar-refractivity contribution is -0.396. The van der Waals surface area contributed by atoms with E-state index in [1.54, 1.807) is 0 Å². The molecule has 0 bridgehead atoms. The van der Waals surface area contributed by atoms with Crippen LogP contribution in [0.3, 0.4) is 0 Å². The molecule has 0 aliphatic carbocycles. The van der Waals surface area contributed by atoms with Crippen LogP contribution in [0.15, 0.2) is 0 Å². The van der Waals surface area contributed by atoms with E-state index >= 15 is 0 Å². The van der Waals surface area contributed by atoms with Gasteiger partial charge in [-0.25, -0.2) is 0 Å². The lowest BCUT2D eigenvalue weighted by Gasteiger charge is -2.49. The van der Waals surface area contributed by atoms with Gasteiger partial charge in [-0.3, -0.25) is 0 Å². The second-order valence-electron chi connectivity index (χ2n) is 16.8. The van der Waals surface area contributed by atoms with Crippen LogP contribution in [0.2, 0.25) is 0 Å². The highest BCUT2D eigenvalue weighted by molar-refractivity contribution is 5.00. The van der Waals surface area contributed by atoms with Gasteiger partial charge < -0.3 is 154 Å². The molecule has 31 nitrogen and oxygen atoms in total. The molecule has 6 aliphatic heterocycles. The second-order valence-corrected chi connectivity index (χ2v) is 16.8. The van der Waals surface area contributed by atoms with Crippen molar-refractivity contribution < 1.29 is 154 Å². The minimum absolute atomic E-state index is 0.831. The summed E-state index contributed by atoms with van der Waals surface area (Å²) in [5.41, 5.74) is 0. The number of hydrogen-bond donors (Lipinski definition) is 20. The summed E-state index contributed by atoms with van der Waals surface area (Å²) in [6, 6.07) is 0. The van der Waals surface area contributed by atoms with Crippen LogP contribution in [0.25, 0.3) is 0 Å². The Labute approximate surface area is 378 Å². The molecule has 6 fully saturated rings. The summed E-state index contributed by atoms with van der Waals surface area (Å²) >= 11 is 0. The van der Waals surface area contributed by atoms with Crippen molar-refractivity contribution in [2.24, 2.45) is 0 Å². The minimum atomic E-state index is -2.20. The number of ether oxygens (including phenoxy) is 11. The Bertz CT molecular complexity index is 1500. The number of aliphatic hydroxyl groups excluding tert-OH is 20. The van der Waals surface area contributed by atoms with Crippen LogP contribution in [-0.4, -0.2) is 326 Å². The standard InChI is InChI=1S/C36H62O31/c37-1-7-13(43)15(45)21(51)32(58-7)63-27-10(4-40)60-33(22(52)17(27)47)64-28-11(5-41)61-34(23(53)18(28)48)65-29-12(6-42)62-35(24(54)19(29)49)67-30-14(44)8(2-38)59-36(25(30)55)66-26-9(3-39)57-31(56)20(50)16(26)46/h7-56H,1-6H2/t7-,8-,9-,10-,11-,12-,13-,14-,15+,16-,17-,18-,19-,20-,21-,22-,23-,24-,25-,26-,27-,28-,29-,30+,31-,32+,33+,34+,35+,36+/m1/s1. The van der Waals surface area contributed by atoms with Crippen molar-refractivity contribution in [3.8, 4) is 0 Å². The summed E-state index contributed by atoms with van der Waals surface area (Å²) in [5, 5.41) is 210. The van der Waals surface area contributed by atoms with Crippen molar-refractivity contribution >= 4 is 0 Å². The molecule has 67 heavy (non-hydrogen) atoms. The lowest BCUT2D eigenvalue weighted by Crippen LogP contribution is -2.68. The Hall–Kier alpha value is -1.24. The zero-order valence-corrected chi connectivity index (χ0v) is 35.0. The zero-order chi connectivity index (χ0) is 49.3. The van der Waals surface area contributed by atoms with Crippen molar-refractivity contribution in [1.29, 1.82) is 0 Å². The minimum Gasteiger partial charge on any atom is -0.394 e. The SMILES string of the molecule is OC[C@H]1O[C@@H](O[C@H]2[C@H](O)[C@@H](O)[C@H](O[C@H]3[C@H](O)[C@@H](O)[C@H](O[C@H]4[C@H](O)[C@@H](O)[C@H](O[C@@H]5[C@@H](O)[C@H](O[C@H]6[C@H](O)[C@@H](O)[C@H](O)O[C@@H]6CO)O[C@H](CO)[C@H]5O)O[C@@H]4CO)O[C@@H]3CO)O[C@@H]2CO)[C@H](O)[C@@H](O)[C@@H]1O. The fraction of sp³-hybridized carbons (Fsp3) is 1.00. The van der Waals surface area contributed by atoms with Gasteiger partial charge in [0, 0.05) is 0 Å². The summed E-state index contributed by atoms with van der Waals surface area (Å²) in [4.78, 5) is 0. The summed E-state index contributed by atoms with van der Waals surface area (Å²) in [5.74, 6) is 0. The molecule has 0 radical (unpaired) electrons. The number of aliphatic hydroxyl groups is 20. The molecule has 0 amide bonds. The first-order valence-electron chi connectivity index (χ1n) is 21.1. The van der Waals surface area contributed by atoms with E-state index in [9.17, 15) is 102 Å². The van der Waals surface area contributed by atoms with Crippen molar-refractivity contribution in [2.45, 2.75) is 184 Å². The van der Waals surface area contributed by atoms with E-state index in [4.69, 9.17) is 52.1 Å². The van der Waals surface area contributed by atoms with Gasteiger partial charge in [-0.15, -0.1) is 0 Å². The number of rotatable bonds is 16. The molecule has 31 heteroatoms. The quantitative estimate of drug-likeness (QED) is 0.0683. The molecule has 6 saturated heterocycles. The Morgan fingerprint density at radius 2 is 0.478 bits per heavy atom. The first kappa shape index (κ1) is 55.1. The van der Waals surface area contributed by atoms with Crippen LogP contribution >= 0.6 is 0 Å². The highest BCUT2D eigenvalue weighted by atomic mass is 16.8. The summed E-state index contributed by atoms with van der Waals surface area (Å²) in [6.07, 6.45) is -56.9. The van der Waals surface area contributed by atoms with Crippen molar-refractivity contribution in [2.75, 3.05) is 39.6 Å². The molecule has 392 valence electrons. The maximum Gasteiger partial charge on any atom is 0.187 e. The Balaban J connectivity index is 1.09. The highest BCUT2D eigenvalue weighted by Gasteiger charge is 2.57. The summed E-state index contributed by atoms with van der Waals surface area (Å²) in [7, 11) is 0. The predicted octanol–water partition coefficient (Wildman–Crippen LogP) is -14.1. The van der Waals surface area contributed by atoms with Gasteiger partial charge in [0.05, 0.1) is 39.6 Å². The molecule has 0 aromatic heterocycles. The lowest BCUT2D eigenvalue weighted by atomic mass is 9.95. The van der Waals surface area contributed by atoms with Crippen LogP contribution in [0.5, 0.6) is 0 Å². The van der Waals surface area contributed by atoms with Gasteiger partial charge in [0.25, 0.3) is 0 Å². The van der Waals surface area contributed by atoms with Gasteiger partial charge in [0.2, 0.25) is 0 Å². The van der Waals surface area contributed by atoms with E-state index in [-0.39, 0.29) is 0 Å². The topological polar surface area (TPSA) is 506 Å². The smallest absolute Gasteiger partial charge is 0.187 e. The van der Waals surface area contributed by atoms with Crippen molar-refractivity contribution in [1.82, 2.24) is 0 Å². The van der Waals surface area contributed by atoms with Gasteiger partial charge in [-0.2, -0.15) is 0 Å². The van der Waals surface area contributed by atoms with E-state index in [1.165, 1.54) is 0 Å². The summed E-state index contributed by atoms with van der Waals surface area (Å²) < 4.78 is 60.5. The first-order valence-corrected chi connectivity index (χ1v) is 21.1. The van der Waals surface area contributed by atoms with Gasteiger partial charge in [-0.05, 0) is 0 Å². The molecule has 0 unspecified atom stereocenters. The van der Waals surface area contributed by atoms with Crippen LogP contribution in [0, 0.1) is 0 Å². The monoisotopic (exact) mass is 990 g/mol. The molecule has 20 N–H and O–H groups in total. The molecule has 6 aliphatic rings.